The molecule has 0 atom stereocenters. The fourth-order valence-corrected chi connectivity index (χ4v) is 4.36. The molecule has 0 saturated heterocycles. The van der Waals surface area contributed by atoms with Gasteiger partial charge in [-0.25, -0.2) is 9.50 Å². The van der Waals surface area contributed by atoms with Crippen LogP contribution in [0, 0.1) is 11.8 Å². The maximum atomic E-state index is 13.2. The van der Waals surface area contributed by atoms with E-state index >= 15 is 0 Å². The summed E-state index contributed by atoms with van der Waals surface area (Å²) >= 11 is 0. The normalized spacial score (nSPS) is 20.5. The van der Waals surface area contributed by atoms with Gasteiger partial charge in [0.15, 0.2) is 11.5 Å². The molecule has 33 heavy (non-hydrogen) atoms. The van der Waals surface area contributed by atoms with Crippen molar-refractivity contribution in [3.8, 4) is 0 Å². The van der Waals surface area contributed by atoms with Gasteiger partial charge >= 0.3 is 0 Å². The number of rotatable bonds is 8. The Hall–Kier alpha value is -3.49. The van der Waals surface area contributed by atoms with Crippen LogP contribution in [0.25, 0.3) is 11.2 Å². The van der Waals surface area contributed by atoms with E-state index in [1.165, 1.54) is 19.0 Å². The van der Waals surface area contributed by atoms with E-state index in [4.69, 9.17) is 0 Å². The van der Waals surface area contributed by atoms with Gasteiger partial charge in [-0.15, -0.1) is 0 Å². The van der Waals surface area contributed by atoms with E-state index in [-0.39, 0.29) is 17.9 Å². The molecule has 0 aromatic carbocycles. The zero-order valence-electron chi connectivity index (χ0n) is 18.8. The van der Waals surface area contributed by atoms with Crippen LogP contribution in [-0.2, 0) is 4.79 Å². The van der Waals surface area contributed by atoms with Crippen LogP contribution in [-0.4, -0.2) is 43.1 Å². The maximum Gasteiger partial charge on any atom is 0.262 e. The Labute approximate surface area is 192 Å². The van der Waals surface area contributed by atoms with Crippen molar-refractivity contribution in [2.24, 2.45) is 11.8 Å². The summed E-state index contributed by atoms with van der Waals surface area (Å²) in [6, 6.07) is 2.08. The van der Waals surface area contributed by atoms with Crippen molar-refractivity contribution in [2.75, 3.05) is 17.2 Å². The van der Waals surface area contributed by atoms with E-state index in [0.717, 1.165) is 61.4 Å². The first-order chi connectivity index (χ1) is 16.0. The second kappa shape index (κ2) is 8.80. The smallest absolute Gasteiger partial charge is 0.262 e. The first-order valence-electron chi connectivity index (χ1n) is 11.6. The van der Waals surface area contributed by atoms with E-state index in [1.807, 2.05) is 23.9 Å². The molecular formula is C24H29N7O2. The van der Waals surface area contributed by atoms with Gasteiger partial charge in [0.2, 0.25) is 0 Å². The Bertz CT molecular complexity index is 1200. The molecule has 2 aliphatic carbocycles. The summed E-state index contributed by atoms with van der Waals surface area (Å²) in [6.45, 7) is 6.85. The molecule has 3 heterocycles. The molecule has 2 saturated carbocycles. The average Bonchev–Trinajstić information content (AvgIpc) is 3.41. The van der Waals surface area contributed by atoms with Gasteiger partial charge in [-0.3, -0.25) is 9.48 Å². The van der Waals surface area contributed by atoms with Gasteiger partial charge < -0.3 is 15.4 Å². The molecule has 0 spiro atoms. The second-order valence-electron chi connectivity index (χ2n) is 9.27. The van der Waals surface area contributed by atoms with Gasteiger partial charge in [-0.2, -0.15) is 10.2 Å². The van der Waals surface area contributed by atoms with Crippen molar-refractivity contribution in [1.82, 2.24) is 24.4 Å². The maximum absolute atomic E-state index is 13.2. The largest absolute Gasteiger partial charge is 0.370 e. The lowest BCUT2D eigenvalue weighted by atomic mass is 9.87. The number of carbonyl (C=O) groups is 2. The Balaban J connectivity index is 1.36. The highest BCUT2D eigenvalue weighted by atomic mass is 16.1. The van der Waals surface area contributed by atoms with Crippen LogP contribution in [0.3, 0.4) is 0 Å². The van der Waals surface area contributed by atoms with E-state index in [2.05, 4.69) is 32.4 Å². The molecule has 2 aliphatic rings. The zero-order chi connectivity index (χ0) is 22.9. The Kier molecular flexibility index (Phi) is 5.70. The van der Waals surface area contributed by atoms with Gasteiger partial charge in [0, 0.05) is 30.4 Å². The molecule has 9 nitrogen and oxygen atoms in total. The number of aldehydes is 1. The highest BCUT2D eigenvalue weighted by Gasteiger charge is 2.25. The van der Waals surface area contributed by atoms with Crippen LogP contribution in [0.4, 0.5) is 11.6 Å². The minimum atomic E-state index is -0.311. The lowest BCUT2D eigenvalue weighted by Gasteiger charge is -2.25. The molecule has 2 fully saturated rings. The summed E-state index contributed by atoms with van der Waals surface area (Å²) in [5, 5.41) is 15.2. The third-order valence-corrected chi connectivity index (χ3v) is 6.61. The minimum Gasteiger partial charge on any atom is -0.370 e. The standard InChI is InChI=1S/C24H29N7O2/c1-15(2)20-13-31(18-7-5-17(14-32)6-8-18)29-22(20)28-24(33)19-12-26-30-10-9-21(27-23(19)30)25-11-16-3-4-16/h9-10,12-14,16-18H,1,3-8,11H2,2H3,(H,25,27)(H,28,29,33). The summed E-state index contributed by atoms with van der Waals surface area (Å²) in [5.41, 5.74) is 2.51. The molecule has 172 valence electrons. The zero-order valence-corrected chi connectivity index (χ0v) is 18.8. The molecule has 0 aliphatic heterocycles. The second-order valence-corrected chi connectivity index (χ2v) is 9.27. The number of carbonyl (C=O) groups excluding carboxylic acids is 2. The van der Waals surface area contributed by atoms with Crippen LogP contribution in [0.5, 0.6) is 0 Å². The summed E-state index contributed by atoms with van der Waals surface area (Å²) in [6.07, 6.45) is 12.4. The third-order valence-electron chi connectivity index (χ3n) is 6.61. The number of anilines is 2. The monoisotopic (exact) mass is 447 g/mol. The fourth-order valence-electron chi connectivity index (χ4n) is 4.36. The third kappa shape index (κ3) is 4.53. The number of allylic oxidation sites excluding steroid dienone is 1. The van der Waals surface area contributed by atoms with Crippen LogP contribution >= 0.6 is 0 Å². The van der Waals surface area contributed by atoms with Crippen LogP contribution in [0.2, 0.25) is 0 Å². The van der Waals surface area contributed by atoms with E-state index in [0.29, 0.717) is 17.0 Å². The van der Waals surface area contributed by atoms with Crippen LogP contribution < -0.4 is 10.6 Å². The molecule has 1 amide bonds. The lowest BCUT2D eigenvalue weighted by molar-refractivity contribution is -0.112. The van der Waals surface area contributed by atoms with Gasteiger partial charge in [0.1, 0.15) is 17.7 Å². The molecular weight excluding hydrogens is 418 g/mol. The lowest BCUT2D eigenvalue weighted by Crippen LogP contribution is -2.19. The van der Waals surface area contributed by atoms with Crippen molar-refractivity contribution in [3.63, 3.8) is 0 Å². The van der Waals surface area contributed by atoms with Crippen molar-refractivity contribution in [3.05, 3.63) is 42.4 Å². The van der Waals surface area contributed by atoms with Gasteiger partial charge in [-0.1, -0.05) is 6.58 Å². The molecule has 5 rings (SSSR count). The Morgan fingerprint density at radius 3 is 2.70 bits per heavy atom. The highest BCUT2D eigenvalue weighted by Crippen LogP contribution is 2.33. The van der Waals surface area contributed by atoms with E-state index in [9.17, 15) is 9.59 Å². The molecule has 3 aromatic rings. The van der Waals surface area contributed by atoms with Crippen molar-refractivity contribution in [2.45, 2.75) is 51.5 Å². The number of fused-ring (bicyclic) bond motifs is 1. The van der Waals surface area contributed by atoms with Gasteiger partial charge in [0.05, 0.1) is 12.2 Å². The molecule has 3 aromatic heterocycles. The topological polar surface area (TPSA) is 106 Å². The van der Waals surface area contributed by atoms with Crippen molar-refractivity contribution in [1.29, 1.82) is 0 Å². The number of aromatic nitrogens is 5. The predicted molar refractivity (Wildman–Crippen MR) is 126 cm³/mol. The quantitative estimate of drug-likeness (QED) is 0.506. The van der Waals surface area contributed by atoms with Crippen LogP contribution in [0.15, 0.2) is 31.2 Å². The minimum absolute atomic E-state index is 0.142. The fraction of sp³-hybridized carbons (Fsp3) is 0.458. The first-order valence-corrected chi connectivity index (χ1v) is 11.6. The molecule has 0 bridgehead atoms. The Morgan fingerprint density at radius 2 is 2.00 bits per heavy atom. The summed E-state index contributed by atoms with van der Waals surface area (Å²) in [7, 11) is 0. The number of nitrogens with one attached hydrogen (secondary N) is 2. The molecule has 0 unspecified atom stereocenters. The summed E-state index contributed by atoms with van der Waals surface area (Å²) < 4.78 is 3.51. The number of nitrogens with zero attached hydrogens (tertiary/aromatic N) is 5. The first kappa shape index (κ1) is 21.4. The average molecular weight is 448 g/mol. The van der Waals surface area contributed by atoms with Gasteiger partial charge in [0.25, 0.3) is 5.91 Å². The number of amides is 1. The highest BCUT2D eigenvalue weighted by molar-refractivity contribution is 6.08. The summed E-state index contributed by atoms with van der Waals surface area (Å²) in [4.78, 5) is 28.9. The SMILES string of the molecule is C=C(C)c1cn(C2CCC(C=O)CC2)nc1NC(=O)c1cnn2ccc(NCC3CC3)nc12. The van der Waals surface area contributed by atoms with Gasteiger partial charge in [-0.05, 0) is 63.0 Å². The van der Waals surface area contributed by atoms with E-state index < -0.39 is 0 Å². The summed E-state index contributed by atoms with van der Waals surface area (Å²) in [5.74, 6) is 1.77. The van der Waals surface area contributed by atoms with Crippen molar-refractivity contribution >= 4 is 35.0 Å². The Morgan fingerprint density at radius 1 is 1.21 bits per heavy atom. The van der Waals surface area contributed by atoms with Crippen LogP contribution in [0.1, 0.15) is 67.4 Å². The van der Waals surface area contributed by atoms with Crippen molar-refractivity contribution < 1.29 is 9.59 Å². The molecule has 9 heteroatoms. The predicted octanol–water partition coefficient (Wildman–Crippen LogP) is 3.96. The molecule has 2 N–H and O–H groups in total. The number of hydrogen-bond acceptors (Lipinski definition) is 6. The van der Waals surface area contributed by atoms with E-state index in [1.54, 1.807) is 10.7 Å². The molecule has 0 radical (unpaired) electrons. The number of hydrogen-bond donors (Lipinski definition) is 2.